The van der Waals surface area contributed by atoms with Gasteiger partial charge in [0.1, 0.15) is 0 Å². The second kappa shape index (κ2) is 5.47. The van der Waals surface area contributed by atoms with E-state index < -0.39 is 0 Å². The molecule has 1 saturated carbocycles. The van der Waals surface area contributed by atoms with E-state index in [2.05, 4.69) is 75.9 Å². The van der Waals surface area contributed by atoms with Gasteiger partial charge < -0.3 is 5.32 Å². The highest BCUT2D eigenvalue weighted by molar-refractivity contribution is 14.1. The Morgan fingerprint density at radius 2 is 2.12 bits per heavy atom. The molecule has 0 radical (unpaired) electrons. The van der Waals surface area contributed by atoms with E-state index in [-0.39, 0.29) is 0 Å². The lowest BCUT2D eigenvalue weighted by Crippen LogP contribution is -2.39. The second-order valence-electron chi connectivity index (χ2n) is 5.56. The number of hydrogen-bond acceptors (Lipinski definition) is 1. The van der Waals surface area contributed by atoms with E-state index in [0.717, 1.165) is 0 Å². The zero-order valence-corrected chi connectivity index (χ0v) is 14.1. The van der Waals surface area contributed by atoms with Crippen LogP contribution in [0.3, 0.4) is 0 Å². The summed E-state index contributed by atoms with van der Waals surface area (Å²) in [7, 11) is 0. The molecule has 1 N–H and O–H groups in total. The van der Waals surface area contributed by atoms with Crippen molar-refractivity contribution in [1.82, 2.24) is 0 Å². The first kappa shape index (κ1) is 13.7. The minimum atomic E-state index is 0.402. The SMILES string of the molecule is CC1(C)CCCCC1Nc1cc(I)ccc1Br. The van der Waals surface area contributed by atoms with Crippen LogP contribution in [0, 0.1) is 8.99 Å². The zero-order chi connectivity index (χ0) is 12.5. The van der Waals surface area contributed by atoms with E-state index in [4.69, 9.17) is 0 Å². The van der Waals surface area contributed by atoms with Crippen LogP contribution >= 0.6 is 38.5 Å². The van der Waals surface area contributed by atoms with Gasteiger partial charge in [-0.25, -0.2) is 0 Å². The van der Waals surface area contributed by atoms with E-state index in [0.29, 0.717) is 11.5 Å². The highest BCUT2D eigenvalue weighted by atomic mass is 127. The lowest BCUT2D eigenvalue weighted by Gasteiger charge is -2.39. The molecule has 1 aromatic rings. The molecule has 1 nitrogen and oxygen atoms in total. The van der Waals surface area contributed by atoms with Gasteiger partial charge >= 0.3 is 0 Å². The Morgan fingerprint density at radius 1 is 1.35 bits per heavy atom. The van der Waals surface area contributed by atoms with Crippen LogP contribution < -0.4 is 5.32 Å². The summed E-state index contributed by atoms with van der Waals surface area (Å²) >= 11 is 5.99. The van der Waals surface area contributed by atoms with Crippen LogP contribution in [-0.4, -0.2) is 6.04 Å². The topological polar surface area (TPSA) is 12.0 Å². The summed E-state index contributed by atoms with van der Waals surface area (Å²) in [5.41, 5.74) is 1.63. The van der Waals surface area contributed by atoms with E-state index in [1.807, 2.05) is 0 Å². The molecule has 1 aromatic carbocycles. The van der Waals surface area contributed by atoms with Crippen LogP contribution in [0.4, 0.5) is 5.69 Å². The van der Waals surface area contributed by atoms with Gasteiger partial charge in [-0.1, -0.05) is 26.7 Å². The van der Waals surface area contributed by atoms with E-state index >= 15 is 0 Å². The highest BCUT2D eigenvalue weighted by Crippen LogP contribution is 2.38. The first-order valence-electron chi connectivity index (χ1n) is 6.21. The molecule has 0 spiro atoms. The molecule has 0 bridgehead atoms. The van der Waals surface area contributed by atoms with Gasteiger partial charge in [0, 0.05) is 19.8 Å². The van der Waals surface area contributed by atoms with Crippen LogP contribution in [-0.2, 0) is 0 Å². The van der Waals surface area contributed by atoms with E-state index in [1.54, 1.807) is 0 Å². The van der Waals surface area contributed by atoms with Gasteiger partial charge in [-0.05, 0) is 75.0 Å². The molecule has 1 aliphatic rings. The molecule has 0 saturated heterocycles. The number of halogens is 2. The van der Waals surface area contributed by atoms with Gasteiger partial charge in [0.05, 0.1) is 0 Å². The summed E-state index contributed by atoms with van der Waals surface area (Å²) in [4.78, 5) is 0. The van der Waals surface area contributed by atoms with Crippen molar-refractivity contribution in [1.29, 1.82) is 0 Å². The summed E-state index contributed by atoms with van der Waals surface area (Å²) in [5, 5.41) is 3.73. The number of anilines is 1. The molecular weight excluding hydrogens is 389 g/mol. The number of nitrogens with one attached hydrogen (secondary N) is 1. The second-order valence-corrected chi connectivity index (χ2v) is 7.66. The molecule has 17 heavy (non-hydrogen) atoms. The van der Waals surface area contributed by atoms with Gasteiger partial charge in [0.25, 0.3) is 0 Å². The van der Waals surface area contributed by atoms with Crippen molar-refractivity contribution in [3.63, 3.8) is 0 Å². The van der Waals surface area contributed by atoms with Gasteiger partial charge in [-0.15, -0.1) is 0 Å². The average Bonchev–Trinajstić information content (AvgIpc) is 2.26. The Balaban J connectivity index is 2.16. The number of benzene rings is 1. The standard InChI is InChI=1S/C14H19BrIN/c1-14(2)8-4-3-5-13(14)17-12-9-10(16)6-7-11(12)15/h6-7,9,13,17H,3-5,8H2,1-2H3. The summed E-state index contributed by atoms with van der Waals surface area (Å²) in [6.45, 7) is 4.76. The third-order valence-corrected chi connectivity index (χ3v) is 5.13. The average molecular weight is 408 g/mol. The molecule has 3 heteroatoms. The smallest absolute Gasteiger partial charge is 0.0497 e. The molecule has 1 aliphatic carbocycles. The maximum Gasteiger partial charge on any atom is 0.0497 e. The molecule has 0 aromatic heterocycles. The van der Waals surface area contributed by atoms with Crippen molar-refractivity contribution >= 4 is 44.2 Å². The quantitative estimate of drug-likeness (QED) is 0.644. The van der Waals surface area contributed by atoms with Gasteiger partial charge in [0.15, 0.2) is 0 Å². The molecule has 2 rings (SSSR count). The Hall–Kier alpha value is 0.230. The molecule has 1 atom stereocenters. The fraction of sp³-hybridized carbons (Fsp3) is 0.571. The highest BCUT2D eigenvalue weighted by Gasteiger charge is 2.32. The summed E-state index contributed by atoms with van der Waals surface area (Å²) in [5.74, 6) is 0. The summed E-state index contributed by atoms with van der Waals surface area (Å²) in [6, 6.07) is 7.06. The van der Waals surface area contributed by atoms with Crippen LogP contribution in [0.1, 0.15) is 39.5 Å². The molecule has 1 fully saturated rings. The molecule has 0 heterocycles. The van der Waals surface area contributed by atoms with E-state index in [1.165, 1.54) is 39.4 Å². The van der Waals surface area contributed by atoms with Crippen LogP contribution in [0.2, 0.25) is 0 Å². The van der Waals surface area contributed by atoms with Gasteiger partial charge in [0.2, 0.25) is 0 Å². The van der Waals surface area contributed by atoms with Crippen molar-refractivity contribution in [2.75, 3.05) is 5.32 Å². The fourth-order valence-electron chi connectivity index (χ4n) is 2.56. The zero-order valence-electron chi connectivity index (χ0n) is 10.4. The maximum absolute atomic E-state index is 3.73. The first-order chi connectivity index (χ1) is 7.99. The molecule has 0 aliphatic heterocycles. The summed E-state index contributed by atoms with van der Waals surface area (Å²) in [6.07, 6.45) is 5.33. The Morgan fingerprint density at radius 3 is 2.82 bits per heavy atom. The normalized spacial score (nSPS) is 23.4. The molecular formula is C14H19BrIN. The van der Waals surface area contributed by atoms with Crippen molar-refractivity contribution in [3.8, 4) is 0 Å². The predicted octanol–water partition coefficient (Wildman–Crippen LogP) is 5.43. The molecule has 0 amide bonds. The minimum absolute atomic E-state index is 0.402. The monoisotopic (exact) mass is 407 g/mol. The number of hydrogen-bond donors (Lipinski definition) is 1. The maximum atomic E-state index is 3.73. The van der Waals surface area contributed by atoms with Gasteiger partial charge in [-0.3, -0.25) is 0 Å². The number of rotatable bonds is 2. The van der Waals surface area contributed by atoms with Crippen molar-refractivity contribution in [2.24, 2.45) is 5.41 Å². The molecule has 1 unspecified atom stereocenters. The van der Waals surface area contributed by atoms with Crippen LogP contribution in [0.5, 0.6) is 0 Å². The first-order valence-corrected chi connectivity index (χ1v) is 8.08. The van der Waals surface area contributed by atoms with Crippen molar-refractivity contribution in [2.45, 2.75) is 45.6 Å². The van der Waals surface area contributed by atoms with E-state index in [9.17, 15) is 0 Å². The van der Waals surface area contributed by atoms with Gasteiger partial charge in [-0.2, -0.15) is 0 Å². The summed E-state index contributed by atoms with van der Waals surface area (Å²) < 4.78 is 2.45. The third kappa shape index (κ3) is 3.37. The lowest BCUT2D eigenvalue weighted by atomic mass is 9.73. The fourth-order valence-corrected chi connectivity index (χ4v) is 3.41. The molecule has 94 valence electrons. The Kier molecular flexibility index (Phi) is 4.40. The van der Waals surface area contributed by atoms with Crippen molar-refractivity contribution in [3.05, 3.63) is 26.2 Å². The lowest BCUT2D eigenvalue weighted by molar-refractivity contribution is 0.217. The minimum Gasteiger partial charge on any atom is -0.381 e. The largest absolute Gasteiger partial charge is 0.381 e. The Bertz CT molecular complexity index is 403. The van der Waals surface area contributed by atoms with Crippen molar-refractivity contribution < 1.29 is 0 Å². The predicted molar refractivity (Wildman–Crippen MR) is 86.5 cm³/mol. The third-order valence-electron chi connectivity index (χ3n) is 3.77. The Labute approximate surface area is 126 Å². The van der Waals surface area contributed by atoms with Crippen LogP contribution in [0.15, 0.2) is 22.7 Å². The van der Waals surface area contributed by atoms with Crippen LogP contribution in [0.25, 0.3) is 0 Å².